The van der Waals surface area contributed by atoms with Crippen molar-refractivity contribution in [1.29, 1.82) is 0 Å². The molecule has 8 heteroatoms. The van der Waals surface area contributed by atoms with Gasteiger partial charge >= 0.3 is 0 Å². The Morgan fingerprint density at radius 1 is 1.07 bits per heavy atom. The van der Waals surface area contributed by atoms with Gasteiger partial charge in [-0.25, -0.2) is 9.97 Å². The smallest absolute Gasteiger partial charge is 0.226 e. The maximum atomic E-state index is 11.9. The Morgan fingerprint density at radius 3 is 2.48 bits per heavy atom. The van der Waals surface area contributed by atoms with Gasteiger partial charge in [-0.05, 0) is 24.3 Å². The van der Waals surface area contributed by atoms with Crippen LogP contribution in [0.2, 0.25) is 0 Å². The van der Waals surface area contributed by atoms with Crippen molar-refractivity contribution in [3.63, 3.8) is 0 Å². The Morgan fingerprint density at radius 2 is 1.79 bits per heavy atom. The van der Waals surface area contributed by atoms with E-state index in [-0.39, 0.29) is 17.8 Å². The summed E-state index contributed by atoms with van der Waals surface area (Å²) in [4.78, 5) is 27.6. The minimum Gasteiger partial charge on any atom is -0.378 e. The number of pyridine rings is 1. The van der Waals surface area contributed by atoms with Crippen LogP contribution in [0.5, 0.6) is 0 Å². The van der Waals surface area contributed by atoms with Crippen LogP contribution in [0.15, 0.2) is 36.4 Å². The highest BCUT2D eigenvalue weighted by Gasteiger charge is 2.18. The lowest BCUT2D eigenvalue weighted by Crippen LogP contribution is -2.37. The molecule has 3 heterocycles. The quantitative estimate of drug-likeness (QED) is 0.703. The zero-order chi connectivity index (χ0) is 20.4. The molecule has 0 bridgehead atoms. The van der Waals surface area contributed by atoms with Crippen molar-refractivity contribution in [3.05, 3.63) is 36.4 Å². The van der Waals surface area contributed by atoms with Crippen molar-refractivity contribution < 1.29 is 9.53 Å². The normalized spacial score (nSPS) is 14.4. The van der Waals surface area contributed by atoms with E-state index in [1.54, 1.807) is 0 Å². The average molecular weight is 392 g/mol. The van der Waals surface area contributed by atoms with Gasteiger partial charge in [-0.15, -0.1) is 0 Å². The zero-order valence-corrected chi connectivity index (χ0v) is 16.6. The Hall–Kier alpha value is -3.26. The molecule has 0 atom stereocenters. The number of carbonyl (C=O) groups is 1. The van der Waals surface area contributed by atoms with E-state index in [1.807, 2.05) is 50.2 Å². The van der Waals surface area contributed by atoms with Gasteiger partial charge < -0.3 is 20.7 Å². The molecule has 1 fully saturated rings. The molecule has 0 spiro atoms. The first kappa shape index (κ1) is 19.1. The number of aromatic nitrogens is 3. The van der Waals surface area contributed by atoms with E-state index in [1.165, 1.54) is 0 Å². The summed E-state index contributed by atoms with van der Waals surface area (Å²) in [5.74, 6) is 0.895. The van der Waals surface area contributed by atoms with Gasteiger partial charge in [0.05, 0.1) is 24.4 Å². The van der Waals surface area contributed by atoms with Crippen LogP contribution in [0.25, 0.3) is 22.3 Å². The molecule has 1 saturated heterocycles. The van der Waals surface area contributed by atoms with E-state index in [2.05, 4.69) is 20.2 Å². The summed E-state index contributed by atoms with van der Waals surface area (Å²) in [5.41, 5.74) is 9.86. The van der Waals surface area contributed by atoms with Crippen molar-refractivity contribution in [1.82, 2.24) is 15.0 Å². The Bertz CT molecular complexity index is 1030. The number of hydrogen-bond acceptors (Lipinski definition) is 7. The van der Waals surface area contributed by atoms with Crippen molar-refractivity contribution in [2.24, 2.45) is 5.92 Å². The molecule has 1 amide bonds. The lowest BCUT2D eigenvalue weighted by Gasteiger charge is -2.28. The molecule has 29 heavy (non-hydrogen) atoms. The van der Waals surface area contributed by atoms with Crippen LogP contribution in [0.1, 0.15) is 13.8 Å². The third kappa shape index (κ3) is 4.12. The SMILES string of the molecule is CC(C)C(=O)Nc1ccc(-c2ccc3nc(N)nc(N4CCOCC4)c3n2)cc1. The Balaban J connectivity index is 1.68. The van der Waals surface area contributed by atoms with Gasteiger partial charge in [-0.2, -0.15) is 4.98 Å². The molecule has 1 aromatic carbocycles. The second-order valence-corrected chi connectivity index (χ2v) is 7.29. The fraction of sp³-hybridized carbons (Fsp3) is 0.333. The van der Waals surface area contributed by atoms with E-state index in [9.17, 15) is 4.79 Å². The summed E-state index contributed by atoms with van der Waals surface area (Å²) in [7, 11) is 0. The summed E-state index contributed by atoms with van der Waals surface area (Å²) < 4.78 is 5.44. The number of ether oxygens (including phenoxy) is 1. The molecule has 1 aliphatic rings. The highest BCUT2D eigenvalue weighted by molar-refractivity contribution is 5.92. The average Bonchev–Trinajstić information content (AvgIpc) is 2.74. The van der Waals surface area contributed by atoms with Crippen LogP contribution >= 0.6 is 0 Å². The lowest BCUT2D eigenvalue weighted by molar-refractivity contribution is -0.118. The monoisotopic (exact) mass is 392 g/mol. The van der Waals surface area contributed by atoms with Gasteiger partial charge in [0.25, 0.3) is 0 Å². The van der Waals surface area contributed by atoms with Crippen molar-refractivity contribution in [3.8, 4) is 11.3 Å². The van der Waals surface area contributed by atoms with E-state index in [4.69, 9.17) is 15.5 Å². The maximum absolute atomic E-state index is 11.9. The molecule has 150 valence electrons. The van der Waals surface area contributed by atoms with E-state index < -0.39 is 0 Å². The molecule has 0 aliphatic carbocycles. The number of hydrogen-bond donors (Lipinski definition) is 2. The first-order valence-corrected chi connectivity index (χ1v) is 9.69. The number of benzene rings is 1. The minimum atomic E-state index is -0.0668. The van der Waals surface area contributed by atoms with Crippen molar-refractivity contribution >= 4 is 34.4 Å². The highest BCUT2D eigenvalue weighted by atomic mass is 16.5. The van der Waals surface area contributed by atoms with Gasteiger partial charge in [0, 0.05) is 30.3 Å². The largest absolute Gasteiger partial charge is 0.378 e. The van der Waals surface area contributed by atoms with Crippen LogP contribution in [0, 0.1) is 5.92 Å². The highest BCUT2D eigenvalue weighted by Crippen LogP contribution is 2.28. The van der Waals surface area contributed by atoms with Crippen LogP contribution < -0.4 is 16.0 Å². The number of fused-ring (bicyclic) bond motifs is 1. The molecule has 0 radical (unpaired) electrons. The molecule has 2 aromatic heterocycles. The number of amides is 1. The summed E-state index contributed by atoms with van der Waals surface area (Å²) >= 11 is 0. The molecular weight excluding hydrogens is 368 g/mol. The topological polar surface area (TPSA) is 106 Å². The second-order valence-electron chi connectivity index (χ2n) is 7.29. The lowest BCUT2D eigenvalue weighted by atomic mass is 10.1. The second kappa shape index (κ2) is 8.00. The predicted octanol–water partition coefficient (Wildman–Crippen LogP) is 2.71. The number of nitrogen functional groups attached to an aromatic ring is 1. The van der Waals surface area contributed by atoms with Crippen molar-refractivity contribution in [2.75, 3.05) is 42.3 Å². The van der Waals surface area contributed by atoms with Gasteiger partial charge in [0.2, 0.25) is 11.9 Å². The summed E-state index contributed by atoms with van der Waals surface area (Å²) in [6, 6.07) is 11.5. The molecule has 0 saturated carbocycles. The molecule has 3 aromatic rings. The fourth-order valence-corrected chi connectivity index (χ4v) is 3.18. The van der Waals surface area contributed by atoms with Crippen molar-refractivity contribution in [2.45, 2.75) is 13.8 Å². The first-order valence-electron chi connectivity index (χ1n) is 9.69. The number of morpholine rings is 1. The number of nitrogens with zero attached hydrogens (tertiary/aromatic N) is 4. The van der Waals surface area contributed by atoms with Gasteiger partial charge in [-0.3, -0.25) is 4.79 Å². The standard InChI is InChI=1S/C21H24N6O2/c1-13(2)20(28)23-15-5-3-14(4-6-15)16-7-8-17-18(24-16)19(26-21(22)25-17)27-9-11-29-12-10-27/h3-8,13H,9-12H2,1-2H3,(H,23,28)(H2,22,25,26). The Labute approximate surface area is 169 Å². The van der Waals surface area contributed by atoms with Crippen LogP contribution in [0.3, 0.4) is 0 Å². The number of rotatable bonds is 4. The Kier molecular flexibility index (Phi) is 5.26. The summed E-state index contributed by atoms with van der Waals surface area (Å²) in [6.07, 6.45) is 0. The zero-order valence-electron chi connectivity index (χ0n) is 16.6. The van der Waals surface area contributed by atoms with E-state index in [0.717, 1.165) is 41.4 Å². The van der Waals surface area contributed by atoms with E-state index in [0.29, 0.717) is 18.7 Å². The van der Waals surface area contributed by atoms with Gasteiger partial charge in [0.1, 0.15) is 5.52 Å². The van der Waals surface area contributed by atoms with Crippen LogP contribution in [-0.2, 0) is 9.53 Å². The maximum Gasteiger partial charge on any atom is 0.226 e. The molecular formula is C21H24N6O2. The first-order chi connectivity index (χ1) is 14.0. The van der Waals surface area contributed by atoms with Gasteiger partial charge in [-0.1, -0.05) is 26.0 Å². The molecule has 1 aliphatic heterocycles. The van der Waals surface area contributed by atoms with Crippen LogP contribution in [-0.4, -0.2) is 47.2 Å². The minimum absolute atomic E-state index is 0.00790. The molecule has 0 unspecified atom stereocenters. The van der Waals surface area contributed by atoms with Crippen LogP contribution in [0.4, 0.5) is 17.5 Å². The predicted molar refractivity (Wildman–Crippen MR) is 114 cm³/mol. The summed E-state index contributed by atoms with van der Waals surface area (Å²) in [6.45, 7) is 6.50. The fourth-order valence-electron chi connectivity index (χ4n) is 3.18. The molecule has 8 nitrogen and oxygen atoms in total. The number of nitrogens with one attached hydrogen (secondary N) is 1. The third-order valence-corrected chi connectivity index (χ3v) is 4.82. The number of carbonyl (C=O) groups excluding carboxylic acids is 1. The summed E-state index contributed by atoms with van der Waals surface area (Å²) in [5, 5.41) is 2.90. The molecule has 3 N–H and O–H groups in total. The van der Waals surface area contributed by atoms with Gasteiger partial charge in [0.15, 0.2) is 5.82 Å². The van der Waals surface area contributed by atoms with E-state index >= 15 is 0 Å². The number of anilines is 3. The number of nitrogens with two attached hydrogens (primary N) is 1. The third-order valence-electron chi connectivity index (χ3n) is 4.82. The molecule has 4 rings (SSSR count).